The van der Waals surface area contributed by atoms with Crippen LogP contribution in [-0.2, 0) is 13.5 Å². The van der Waals surface area contributed by atoms with Gasteiger partial charge in [-0.25, -0.2) is 4.98 Å². The van der Waals surface area contributed by atoms with Crippen molar-refractivity contribution in [3.8, 4) is 0 Å². The largest absolute Gasteiger partial charge is 0.313 e. The molecule has 98 valence electrons. The summed E-state index contributed by atoms with van der Waals surface area (Å²) in [5.41, 5.74) is 0. The summed E-state index contributed by atoms with van der Waals surface area (Å²) in [7, 11) is 1.96. The van der Waals surface area contributed by atoms with E-state index in [-0.39, 0.29) is 0 Å². The Morgan fingerprint density at radius 1 is 1.35 bits per heavy atom. The van der Waals surface area contributed by atoms with E-state index in [9.17, 15) is 0 Å². The molecule has 2 atom stereocenters. The molecule has 2 unspecified atom stereocenters. The fourth-order valence-corrected chi connectivity index (χ4v) is 1.94. The second-order valence-electron chi connectivity index (χ2n) is 5.17. The summed E-state index contributed by atoms with van der Waals surface area (Å²) in [5.74, 6) is 2.38. The zero-order valence-electron chi connectivity index (χ0n) is 11.8. The highest BCUT2D eigenvalue weighted by Gasteiger charge is 2.21. The average Bonchev–Trinajstić information content (AvgIpc) is 2.69. The van der Waals surface area contributed by atoms with Crippen molar-refractivity contribution in [3.63, 3.8) is 0 Å². The van der Waals surface area contributed by atoms with E-state index in [1.54, 1.807) is 6.33 Å². The summed E-state index contributed by atoms with van der Waals surface area (Å²) in [6.07, 6.45) is 3.75. The monoisotopic (exact) mass is 238 g/mol. The normalized spacial score (nSPS) is 15.2. The average molecular weight is 238 g/mol. The topological polar surface area (TPSA) is 42.7 Å². The van der Waals surface area contributed by atoms with Gasteiger partial charge in [-0.15, -0.1) is 0 Å². The quantitative estimate of drug-likeness (QED) is 0.790. The molecule has 0 spiro atoms. The Kier molecular flexibility index (Phi) is 5.62. The molecule has 17 heavy (non-hydrogen) atoms. The SMILES string of the molecule is CCCNC(Cc1ncnn1C)C(C)C(C)C. The minimum atomic E-state index is 0.484. The molecule has 4 nitrogen and oxygen atoms in total. The first kappa shape index (κ1) is 14.2. The zero-order chi connectivity index (χ0) is 12.8. The van der Waals surface area contributed by atoms with Gasteiger partial charge >= 0.3 is 0 Å². The molecule has 1 aromatic heterocycles. The lowest BCUT2D eigenvalue weighted by molar-refractivity contribution is 0.292. The Morgan fingerprint density at radius 3 is 2.53 bits per heavy atom. The molecule has 0 fully saturated rings. The Bertz CT molecular complexity index is 319. The fraction of sp³-hybridized carbons (Fsp3) is 0.846. The smallest absolute Gasteiger partial charge is 0.138 e. The fourth-order valence-electron chi connectivity index (χ4n) is 1.94. The molecule has 0 amide bonds. The van der Waals surface area contributed by atoms with Crippen molar-refractivity contribution < 1.29 is 0 Å². The van der Waals surface area contributed by atoms with Gasteiger partial charge < -0.3 is 5.32 Å². The molecule has 0 aliphatic rings. The minimum absolute atomic E-state index is 0.484. The van der Waals surface area contributed by atoms with Gasteiger partial charge in [-0.1, -0.05) is 27.7 Å². The number of hydrogen-bond donors (Lipinski definition) is 1. The van der Waals surface area contributed by atoms with Crippen molar-refractivity contribution in [1.82, 2.24) is 20.1 Å². The summed E-state index contributed by atoms with van der Waals surface area (Å²) in [5, 5.41) is 7.77. The number of aryl methyl sites for hydroxylation is 1. The molecule has 4 heteroatoms. The van der Waals surface area contributed by atoms with Crippen LogP contribution in [0.2, 0.25) is 0 Å². The lowest BCUT2D eigenvalue weighted by Crippen LogP contribution is -2.40. The molecular weight excluding hydrogens is 212 g/mol. The third-order valence-corrected chi connectivity index (χ3v) is 3.55. The van der Waals surface area contributed by atoms with Crippen molar-refractivity contribution >= 4 is 0 Å². The van der Waals surface area contributed by atoms with Gasteiger partial charge in [0.2, 0.25) is 0 Å². The zero-order valence-corrected chi connectivity index (χ0v) is 11.8. The molecule has 0 aliphatic carbocycles. The Labute approximate surface area is 105 Å². The van der Waals surface area contributed by atoms with Crippen molar-refractivity contribution in [2.75, 3.05) is 6.54 Å². The maximum Gasteiger partial charge on any atom is 0.138 e. The molecule has 0 bridgehead atoms. The highest BCUT2D eigenvalue weighted by atomic mass is 15.3. The number of aromatic nitrogens is 3. The van der Waals surface area contributed by atoms with E-state index in [2.05, 4.69) is 43.1 Å². The van der Waals surface area contributed by atoms with E-state index >= 15 is 0 Å². The summed E-state index contributed by atoms with van der Waals surface area (Å²) < 4.78 is 1.87. The summed E-state index contributed by atoms with van der Waals surface area (Å²) in [6.45, 7) is 10.1. The van der Waals surface area contributed by atoms with Gasteiger partial charge in [0.25, 0.3) is 0 Å². The summed E-state index contributed by atoms with van der Waals surface area (Å²) in [6, 6.07) is 0.484. The third-order valence-electron chi connectivity index (χ3n) is 3.55. The van der Waals surface area contributed by atoms with Gasteiger partial charge in [0.05, 0.1) is 0 Å². The van der Waals surface area contributed by atoms with Crippen molar-refractivity contribution in [1.29, 1.82) is 0 Å². The predicted octanol–water partition coefficient (Wildman–Crippen LogP) is 2.02. The van der Waals surface area contributed by atoms with Crippen molar-refractivity contribution in [2.24, 2.45) is 18.9 Å². The molecule has 1 N–H and O–H groups in total. The first-order valence-corrected chi connectivity index (χ1v) is 6.62. The molecule has 1 rings (SSSR count). The van der Waals surface area contributed by atoms with Crippen molar-refractivity contribution in [3.05, 3.63) is 12.2 Å². The second-order valence-corrected chi connectivity index (χ2v) is 5.17. The maximum absolute atomic E-state index is 4.32. The van der Waals surface area contributed by atoms with E-state index in [0.29, 0.717) is 17.9 Å². The van der Waals surface area contributed by atoms with Crippen LogP contribution in [0.5, 0.6) is 0 Å². The summed E-state index contributed by atoms with van der Waals surface area (Å²) in [4.78, 5) is 4.32. The lowest BCUT2D eigenvalue weighted by atomic mass is 9.88. The highest BCUT2D eigenvalue weighted by Crippen LogP contribution is 2.17. The van der Waals surface area contributed by atoms with Crippen LogP contribution in [0.3, 0.4) is 0 Å². The van der Waals surface area contributed by atoms with Gasteiger partial charge in [-0.3, -0.25) is 4.68 Å². The molecule has 0 aromatic carbocycles. The van der Waals surface area contributed by atoms with Gasteiger partial charge in [0, 0.05) is 19.5 Å². The minimum Gasteiger partial charge on any atom is -0.313 e. The Morgan fingerprint density at radius 2 is 2.06 bits per heavy atom. The standard InChI is InChI=1S/C13H26N4/c1-6-7-14-12(11(4)10(2)3)8-13-15-9-16-17(13)5/h9-12,14H,6-8H2,1-5H3. The van der Waals surface area contributed by atoms with Gasteiger partial charge in [0.15, 0.2) is 0 Å². The van der Waals surface area contributed by atoms with Gasteiger partial charge in [-0.05, 0) is 24.8 Å². The van der Waals surface area contributed by atoms with Crippen LogP contribution < -0.4 is 5.32 Å². The highest BCUT2D eigenvalue weighted by molar-refractivity contribution is 4.91. The van der Waals surface area contributed by atoms with Crippen LogP contribution >= 0.6 is 0 Å². The molecule has 1 heterocycles. The first-order valence-electron chi connectivity index (χ1n) is 6.62. The first-order chi connectivity index (χ1) is 8.06. The molecule has 1 aromatic rings. The predicted molar refractivity (Wildman–Crippen MR) is 70.8 cm³/mol. The van der Waals surface area contributed by atoms with E-state index in [4.69, 9.17) is 0 Å². The lowest BCUT2D eigenvalue weighted by Gasteiger charge is -2.27. The number of nitrogens with one attached hydrogen (secondary N) is 1. The molecule has 0 aliphatic heterocycles. The van der Waals surface area contributed by atoms with Crippen LogP contribution in [-0.4, -0.2) is 27.4 Å². The van der Waals surface area contributed by atoms with Crippen LogP contribution in [0, 0.1) is 11.8 Å². The van der Waals surface area contributed by atoms with Crippen LogP contribution in [0.4, 0.5) is 0 Å². The number of nitrogens with zero attached hydrogens (tertiary/aromatic N) is 3. The third kappa shape index (κ3) is 4.11. The van der Waals surface area contributed by atoms with E-state index < -0.39 is 0 Å². The van der Waals surface area contributed by atoms with Crippen LogP contribution in [0.15, 0.2) is 6.33 Å². The number of hydrogen-bond acceptors (Lipinski definition) is 3. The number of rotatable bonds is 7. The van der Waals surface area contributed by atoms with Gasteiger partial charge in [-0.2, -0.15) is 5.10 Å². The molecule has 0 radical (unpaired) electrons. The van der Waals surface area contributed by atoms with E-state index in [0.717, 1.165) is 18.8 Å². The molecule has 0 saturated carbocycles. The second kappa shape index (κ2) is 6.74. The summed E-state index contributed by atoms with van der Waals surface area (Å²) >= 11 is 0. The van der Waals surface area contributed by atoms with E-state index in [1.807, 2.05) is 11.7 Å². The van der Waals surface area contributed by atoms with E-state index in [1.165, 1.54) is 6.42 Å². The van der Waals surface area contributed by atoms with Crippen LogP contribution in [0.1, 0.15) is 39.9 Å². The van der Waals surface area contributed by atoms with Crippen LogP contribution in [0.25, 0.3) is 0 Å². The Balaban J connectivity index is 2.66. The Hall–Kier alpha value is -0.900. The van der Waals surface area contributed by atoms with Crippen molar-refractivity contribution in [2.45, 2.75) is 46.6 Å². The molecule has 0 saturated heterocycles. The van der Waals surface area contributed by atoms with Gasteiger partial charge in [0.1, 0.15) is 12.2 Å². The molecular formula is C13H26N4. The maximum atomic E-state index is 4.32.